The molecule has 0 aromatic carbocycles. The maximum atomic E-state index is 11.3. The molecule has 1 aromatic rings. The van der Waals surface area contributed by atoms with Crippen molar-refractivity contribution in [2.45, 2.75) is 19.3 Å². The Labute approximate surface area is 87.3 Å². The van der Waals surface area contributed by atoms with Crippen LogP contribution < -0.4 is 0 Å². The fraction of sp³-hybridized carbons (Fsp3) is 0.300. The van der Waals surface area contributed by atoms with Gasteiger partial charge in [-0.3, -0.25) is 9.78 Å². The maximum Gasteiger partial charge on any atom is 0.154 e. The van der Waals surface area contributed by atoms with Crippen molar-refractivity contribution < 1.29 is 4.79 Å². The van der Waals surface area contributed by atoms with Gasteiger partial charge < -0.3 is 0 Å². The summed E-state index contributed by atoms with van der Waals surface area (Å²) in [5.41, 5.74) is -0.677. The lowest BCUT2D eigenvalue weighted by molar-refractivity contribution is -0.120. The summed E-state index contributed by atoms with van der Waals surface area (Å²) in [4.78, 5) is 15.1. The van der Waals surface area contributed by atoms with Crippen molar-refractivity contribution in [1.29, 1.82) is 5.26 Å². The fourth-order valence-electron chi connectivity index (χ4n) is 1.11. The van der Waals surface area contributed by atoms with Crippen molar-refractivity contribution in [3.63, 3.8) is 0 Å². The number of carbonyl (C=O) groups is 1. The first kappa shape index (κ1) is 10.7. The summed E-state index contributed by atoms with van der Waals surface area (Å²) in [5, 5.41) is 9.32. The molecule has 1 atom stereocenters. The minimum atomic E-state index is -1.18. The van der Waals surface area contributed by atoms with Gasteiger partial charge in [0.05, 0.1) is 11.1 Å². The molecule has 0 aliphatic carbocycles. The van der Waals surface area contributed by atoms with Gasteiger partial charge in [-0.25, -0.2) is 0 Å². The van der Waals surface area contributed by atoms with Gasteiger partial charge in [-0.05, 0) is 19.9 Å². The van der Waals surface area contributed by atoms with Crippen LogP contribution in [0.15, 0.2) is 18.5 Å². The van der Waals surface area contributed by atoms with Gasteiger partial charge in [-0.15, -0.1) is 0 Å². The van der Waals surface area contributed by atoms with Crippen molar-refractivity contribution in [2.24, 2.45) is 0 Å². The van der Waals surface area contributed by atoms with Gasteiger partial charge >= 0.3 is 0 Å². The highest BCUT2D eigenvalue weighted by Gasteiger charge is 2.33. The highest BCUT2D eigenvalue weighted by molar-refractivity contribution is 6.31. The SMILES string of the molecule is CC(=O)C(C)(C#N)c1ccncc1Cl. The Bertz CT molecular complexity index is 411. The summed E-state index contributed by atoms with van der Waals surface area (Å²) in [6.07, 6.45) is 2.94. The molecule has 1 unspecified atom stereocenters. The summed E-state index contributed by atoms with van der Waals surface area (Å²) < 4.78 is 0. The predicted molar refractivity (Wildman–Crippen MR) is 52.9 cm³/mol. The smallest absolute Gasteiger partial charge is 0.154 e. The lowest BCUT2D eigenvalue weighted by Gasteiger charge is -2.19. The van der Waals surface area contributed by atoms with Gasteiger partial charge in [0, 0.05) is 18.0 Å². The van der Waals surface area contributed by atoms with Crippen molar-refractivity contribution >= 4 is 17.4 Å². The summed E-state index contributed by atoms with van der Waals surface area (Å²) >= 11 is 5.87. The molecule has 0 bridgehead atoms. The molecule has 0 aliphatic heterocycles. The first-order valence-electron chi connectivity index (χ1n) is 4.04. The lowest BCUT2D eigenvalue weighted by Crippen LogP contribution is -2.28. The third-order valence-electron chi connectivity index (χ3n) is 2.24. The Hall–Kier alpha value is -1.40. The van der Waals surface area contributed by atoms with Crippen LogP contribution >= 0.6 is 11.6 Å². The zero-order valence-electron chi connectivity index (χ0n) is 7.91. The van der Waals surface area contributed by atoms with E-state index in [0.29, 0.717) is 10.6 Å². The zero-order chi connectivity index (χ0) is 10.8. The Morgan fingerprint density at radius 3 is 2.79 bits per heavy atom. The van der Waals surface area contributed by atoms with E-state index in [1.165, 1.54) is 19.3 Å². The van der Waals surface area contributed by atoms with Gasteiger partial charge in [0.15, 0.2) is 5.78 Å². The molecule has 0 amide bonds. The molecule has 1 rings (SSSR count). The predicted octanol–water partition coefficient (Wildman–Crippen LogP) is 2.11. The summed E-state index contributed by atoms with van der Waals surface area (Å²) in [7, 11) is 0. The van der Waals surface area contributed by atoms with E-state index in [9.17, 15) is 4.79 Å². The van der Waals surface area contributed by atoms with E-state index in [-0.39, 0.29) is 5.78 Å². The average Bonchev–Trinajstić information content (AvgIpc) is 2.17. The second-order valence-electron chi connectivity index (χ2n) is 3.15. The second kappa shape index (κ2) is 3.77. The molecule has 0 aliphatic rings. The quantitative estimate of drug-likeness (QED) is 0.748. The highest BCUT2D eigenvalue weighted by atomic mass is 35.5. The Morgan fingerprint density at radius 2 is 2.36 bits per heavy atom. The average molecular weight is 209 g/mol. The molecule has 4 heteroatoms. The van der Waals surface area contributed by atoms with Crippen molar-refractivity contribution in [3.05, 3.63) is 29.0 Å². The van der Waals surface area contributed by atoms with Crippen molar-refractivity contribution in [2.75, 3.05) is 0 Å². The summed E-state index contributed by atoms with van der Waals surface area (Å²) in [6.45, 7) is 2.93. The molecular formula is C10H9ClN2O. The first-order valence-corrected chi connectivity index (χ1v) is 4.42. The van der Waals surface area contributed by atoms with E-state index >= 15 is 0 Å². The molecule has 0 N–H and O–H groups in total. The van der Waals surface area contributed by atoms with E-state index in [2.05, 4.69) is 4.98 Å². The molecule has 1 heterocycles. The van der Waals surface area contributed by atoms with Gasteiger partial charge in [0.1, 0.15) is 5.41 Å². The number of nitrogens with zero attached hydrogens (tertiary/aromatic N) is 2. The van der Waals surface area contributed by atoms with Crippen LogP contribution in [-0.4, -0.2) is 10.8 Å². The summed E-state index contributed by atoms with van der Waals surface area (Å²) in [5.74, 6) is -0.229. The third kappa shape index (κ3) is 1.61. The number of pyridine rings is 1. The molecule has 0 radical (unpaired) electrons. The number of rotatable bonds is 2. The molecule has 0 fully saturated rings. The minimum Gasteiger partial charge on any atom is -0.298 e. The number of halogens is 1. The van der Waals surface area contributed by atoms with Crippen LogP contribution in [0, 0.1) is 11.3 Å². The van der Waals surface area contributed by atoms with E-state index in [1.54, 1.807) is 13.0 Å². The van der Waals surface area contributed by atoms with E-state index in [1.807, 2.05) is 6.07 Å². The van der Waals surface area contributed by atoms with Gasteiger partial charge in [0.25, 0.3) is 0 Å². The molecule has 14 heavy (non-hydrogen) atoms. The first-order chi connectivity index (χ1) is 6.52. The Morgan fingerprint density at radius 1 is 1.71 bits per heavy atom. The fourth-order valence-corrected chi connectivity index (χ4v) is 1.42. The van der Waals surface area contributed by atoms with Crippen molar-refractivity contribution in [1.82, 2.24) is 4.98 Å². The number of hydrogen-bond donors (Lipinski definition) is 0. The summed E-state index contributed by atoms with van der Waals surface area (Å²) in [6, 6.07) is 3.56. The van der Waals surface area contributed by atoms with Crippen molar-refractivity contribution in [3.8, 4) is 6.07 Å². The molecule has 3 nitrogen and oxygen atoms in total. The minimum absolute atomic E-state index is 0.229. The van der Waals surface area contributed by atoms with Gasteiger partial charge in [-0.2, -0.15) is 5.26 Å². The number of carbonyl (C=O) groups excluding carboxylic acids is 1. The number of ketones is 1. The molecular weight excluding hydrogens is 200 g/mol. The second-order valence-corrected chi connectivity index (χ2v) is 3.56. The van der Waals surface area contributed by atoms with Crippen LogP contribution in [0.4, 0.5) is 0 Å². The number of nitriles is 1. The van der Waals surface area contributed by atoms with Gasteiger partial charge in [-0.1, -0.05) is 11.6 Å². The van der Waals surface area contributed by atoms with Crippen LogP contribution in [0.2, 0.25) is 5.02 Å². The number of hydrogen-bond acceptors (Lipinski definition) is 3. The largest absolute Gasteiger partial charge is 0.298 e. The maximum absolute atomic E-state index is 11.3. The molecule has 1 aromatic heterocycles. The monoisotopic (exact) mass is 208 g/mol. The van der Waals surface area contributed by atoms with E-state index in [4.69, 9.17) is 16.9 Å². The zero-order valence-corrected chi connectivity index (χ0v) is 8.67. The van der Waals surface area contributed by atoms with Gasteiger partial charge in [0.2, 0.25) is 0 Å². The van der Waals surface area contributed by atoms with Crippen LogP contribution in [0.3, 0.4) is 0 Å². The normalized spacial score (nSPS) is 14.1. The van der Waals surface area contributed by atoms with Crippen LogP contribution in [0.1, 0.15) is 19.4 Å². The highest BCUT2D eigenvalue weighted by Crippen LogP contribution is 2.29. The number of aromatic nitrogens is 1. The van der Waals surface area contributed by atoms with E-state index in [0.717, 1.165) is 0 Å². The Balaban J connectivity index is 3.36. The van der Waals surface area contributed by atoms with E-state index < -0.39 is 5.41 Å². The van der Waals surface area contributed by atoms with Crippen LogP contribution in [-0.2, 0) is 10.2 Å². The third-order valence-corrected chi connectivity index (χ3v) is 2.54. The molecule has 0 spiro atoms. The van der Waals surface area contributed by atoms with Crippen LogP contribution in [0.5, 0.6) is 0 Å². The topological polar surface area (TPSA) is 53.8 Å². The van der Waals surface area contributed by atoms with Crippen LogP contribution in [0.25, 0.3) is 0 Å². The standard InChI is InChI=1S/C10H9ClN2O/c1-7(14)10(2,6-12)8-3-4-13-5-9(8)11/h3-5H,1-2H3. The Kier molecular flexibility index (Phi) is 2.87. The molecule has 0 saturated heterocycles. The molecule has 72 valence electrons. The molecule has 0 saturated carbocycles. The number of Topliss-reactive ketones (excluding diaryl/α,β-unsaturated/α-hetero) is 1. The lowest BCUT2D eigenvalue weighted by atomic mass is 9.81.